The van der Waals surface area contributed by atoms with Crippen LogP contribution in [0.5, 0.6) is 0 Å². The third kappa shape index (κ3) is 11.0. The monoisotopic (exact) mass is 232 g/mol. The highest BCUT2D eigenvalue weighted by Crippen LogP contribution is 2.02. The van der Waals surface area contributed by atoms with Crippen molar-refractivity contribution in [1.82, 2.24) is 0 Å². The molecular weight excluding hydrogens is 212 g/mol. The Morgan fingerprint density at radius 2 is 1.62 bits per heavy atom. The van der Waals surface area contributed by atoms with Crippen molar-refractivity contribution >= 4 is 11.9 Å². The minimum Gasteiger partial charge on any atom is -0.481 e. The molecule has 0 rings (SSSR count). The van der Waals surface area contributed by atoms with Crippen molar-refractivity contribution in [3.63, 3.8) is 0 Å². The van der Waals surface area contributed by atoms with Crippen molar-refractivity contribution in [2.45, 2.75) is 44.9 Å². The molecule has 0 bridgehead atoms. The van der Waals surface area contributed by atoms with Crippen molar-refractivity contribution in [2.75, 3.05) is 13.2 Å². The average Bonchev–Trinajstić information content (AvgIpc) is 2.24. The molecule has 0 unspecified atom stereocenters. The van der Waals surface area contributed by atoms with Gasteiger partial charge >= 0.3 is 11.9 Å². The van der Waals surface area contributed by atoms with Gasteiger partial charge in [-0.25, -0.2) is 0 Å². The zero-order chi connectivity index (χ0) is 12.2. The number of aliphatic hydroxyl groups excluding tert-OH is 1. The fourth-order valence-electron chi connectivity index (χ4n) is 1.19. The van der Waals surface area contributed by atoms with E-state index in [2.05, 4.69) is 0 Å². The Balaban J connectivity index is 3.21. The maximum absolute atomic E-state index is 11.1. The second-order valence-electron chi connectivity index (χ2n) is 3.61. The lowest BCUT2D eigenvalue weighted by Gasteiger charge is -2.03. The number of carboxylic acid groups (broad SMARTS) is 1. The van der Waals surface area contributed by atoms with Crippen LogP contribution in [0.2, 0.25) is 0 Å². The number of carbonyl (C=O) groups excluding carboxylic acids is 1. The van der Waals surface area contributed by atoms with Crippen molar-refractivity contribution in [1.29, 1.82) is 0 Å². The Morgan fingerprint density at radius 1 is 0.938 bits per heavy atom. The SMILES string of the molecule is O=C(O)CCCCC(=O)OCCCCCO. The smallest absolute Gasteiger partial charge is 0.305 e. The molecular formula is C11H20O5. The number of unbranched alkanes of at least 4 members (excludes halogenated alkanes) is 3. The molecule has 0 aliphatic rings. The Morgan fingerprint density at radius 3 is 2.25 bits per heavy atom. The van der Waals surface area contributed by atoms with Crippen LogP contribution in [0.1, 0.15) is 44.9 Å². The minimum absolute atomic E-state index is 0.101. The molecule has 94 valence electrons. The molecule has 0 atom stereocenters. The highest BCUT2D eigenvalue weighted by atomic mass is 16.5. The summed E-state index contributed by atoms with van der Waals surface area (Å²) in [5.74, 6) is -1.10. The standard InChI is InChI=1S/C11H20O5/c12-8-4-1-5-9-16-11(15)7-3-2-6-10(13)14/h12H,1-9H2,(H,13,14). The zero-order valence-electron chi connectivity index (χ0n) is 9.48. The van der Waals surface area contributed by atoms with E-state index in [0.717, 1.165) is 19.3 Å². The molecule has 0 saturated carbocycles. The van der Waals surface area contributed by atoms with Gasteiger partial charge in [0, 0.05) is 19.4 Å². The molecule has 0 aromatic rings. The van der Waals surface area contributed by atoms with Gasteiger partial charge in [0.2, 0.25) is 0 Å². The van der Waals surface area contributed by atoms with Crippen LogP contribution in [0.15, 0.2) is 0 Å². The molecule has 0 aromatic carbocycles. The van der Waals surface area contributed by atoms with E-state index in [1.807, 2.05) is 0 Å². The van der Waals surface area contributed by atoms with E-state index < -0.39 is 5.97 Å². The van der Waals surface area contributed by atoms with Crippen molar-refractivity contribution < 1.29 is 24.5 Å². The number of aliphatic carboxylic acids is 1. The van der Waals surface area contributed by atoms with Gasteiger partial charge in [0.1, 0.15) is 0 Å². The van der Waals surface area contributed by atoms with Gasteiger partial charge in [-0.1, -0.05) is 0 Å². The zero-order valence-corrected chi connectivity index (χ0v) is 9.48. The summed E-state index contributed by atoms with van der Waals surface area (Å²) in [7, 11) is 0. The first kappa shape index (κ1) is 14.9. The van der Waals surface area contributed by atoms with E-state index in [9.17, 15) is 9.59 Å². The molecule has 0 saturated heterocycles. The molecule has 0 amide bonds. The van der Waals surface area contributed by atoms with Gasteiger partial charge in [-0.05, 0) is 32.1 Å². The summed E-state index contributed by atoms with van der Waals surface area (Å²) in [6.07, 6.45) is 3.80. The number of hydrogen-bond acceptors (Lipinski definition) is 4. The second kappa shape index (κ2) is 10.4. The maximum Gasteiger partial charge on any atom is 0.305 e. The Kier molecular flexibility index (Phi) is 9.70. The number of carbonyl (C=O) groups is 2. The number of aliphatic hydroxyl groups is 1. The first-order valence-corrected chi connectivity index (χ1v) is 5.65. The van der Waals surface area contributed by atoms with Gasteiger partial charge in [0.05, 0.1) is 6.61 Å². The van der Waals surface area contributed by atoms with Crippen LogP contribution in [0.4, 0.5) is 0 Å². The van der Waals surface area contributed by atoms with Crippen molar-refractivity contribution in [3.8, 4) is 0 Å². The third-order valence-corrected chi connectivity index (χ3v) is 2.09. The normalized spacial score (nSPS) is 10.1. The predicted molar refractivity (Wildman–Crippen MR) is 58.0 cm³/mol. The summed E-state index contributed by atoms with van der Waals surface area (Å²) in [5, 5.41) is 16.9. The van der Waals surface area contributed by atoms with Gasteiger partial charge in [0.15, 0.2) is 0 Å². The van der Waals surface area contributed by atoms with E-state index in [1.54, 1.807) is 0 Å². The molecule has 16 heavy (non-hydrogen) atoms. The number of ether oxygens (including phenoxy) is 1. The first-order valence-electron chi connectivity index (χ1n) is 5.65. The lowest BCUT2D eigenvalue weighted by atomic mass is 10.2. The third-order valence-electron chi connectivity index (χ3n) is 2.09. The topological polar surface area (TPSA) is 83.8 Å². The highest BCUT2D eigenvalue weighted by Gasteiger charge is 2.03. The Bertz CT molecular complexity index is 203. The maximum atomic E-state index is 11.1. The van der Waals surface area contributed by atoms with Crippen LogP contribution in [0, 0.1) is 0 Å². The highest BCUT2D eigenvalue weighted by molar-refractivity contribution is 5.69. The average molecular weight is 232 g/mol. The van der Waals surface area contributed by atoms with Gasteiger partial charge in [-0.3, -0.25) is 9.59 Å². The second-order valence-corrected chi connectivity index (χ2v) is 3.61. The predicted octanol–water partition coefficient (Wildman–Crippen LogP) is 1.34. The lowest BCUT2D eigenvalue weighted by molar-refractivity contribution is -0.144. The molecule has 2 N–H and O–H groups in total. The van der Waals surface area contributed by atoms with Gasteiger partial charge in [-0.2, -0.15) is 0 Å². The quantitative estimate of drug-likeness (QED) is 0.438. The molecule has 5 nitrogen and oxygen atoms in total. The summed E-state index contributed by atoms with van der Waals surface area (Å²) in [6, 6.07) is 0. The van der Waals surface area contributed by atoms with Crippen molar-refractivity contribution in [2.24, 2.45) is 0 Å². The molecule has 0 heterocycles. The largest absolute Gasteiger partial charge is 0.481 e. The van der Waals surface area contributed by atoms with E-state index in [1.165, 1.54) is 0 Å². The molecule has 0 spiro atoms. The molecule has 0 radical (unpaired) electrons. The summed E-state index contributed by atoms with van der Waals surface area (Å²) >= 11 is 0. The van der Waals surface area contributed by atoms with E-state index >= 15 is 0 Å². The van der Waals surface area contributed by atoms with E-state index in [4.69, 9.17) is 14.9 Å². The number of rotatable bonds is 10. The fraction of sp³-hybridized carbons (Fsp3) is 0.818. The summed E-state index contributed by atoms with van der Waals surface area (Å²) in [4.78, 5) is 21.3. The van der Waals surface area contributed by atoms with Crippen LogP contribution in [-0.2, 0) is 14.3 Å². The van der Waals surface area contributed by atoms with Crippen LogP contribution in [0.3, 0.4) is 0 Å². The summed E-state index contributed by atoms with van der Waals surface area (Å²) in [5.41, 5.74) is 0. The lowest BCUT2D eigenvalue weighted by Crippen LogP contribution is -2.06. The molecule has 5 heteroatoms. The fourth-order valence-corrected chi connectivity index (χ4v) is 1.19. The van der Waals surface area contributed by atoms with Gasteiger partial charge in [0.25, 0.3) is 0 Å². The Labute approximate surface area is 95.4 Å². The van der Waals surface area contributed by atoms with E-state index in [0.29, 0.717) is 19.4 Å². The number of carboxylic acids is 1. The van der Waals surface area contributed by atoms with E-state index in [-0.39, 0.29) is 25.4 Å². The van der Waals surface area contributed by atoms with Crippen LogP contribution in [-0.4, -0.2) is 35.4 Å². The van der Waals surface area contributed by atoms with Crippen LogP contribution < -0.4 is 0 Å². The summed E-state index contributed by atoms with van der Waals surface area (Å²) < 4.78 is 4.93. The molecule has 0 fully saturated rings. The molecule has 0 aliphatic heterocycles. The minimum atomic E-state index is -0.836. The first-order chi connectivity index (χ1) is 7.66. The summed E-state index contributed by atoms with van der Waals surface area (Å²) in [6.45, 7) is 0.556. The van der Waals surface area contributed by atoms with Crippen LogP contribution in [0.25, 0.3) is 0 Å². The van der Waals surface area contributed by atoms with Gasteiger partial charge < -0.3 is 14.9 Å². The van der Waals surface area contributed by atoms with Crippen LogP contribution >= 0.6 is 0 Å². The number of hydrogen-bond donors (Lipinski definition) is 2. The van der Waals surface area contributed by atoms with Gasteiger partial charge in [-0.15, -0.1) is 0 Å². The van der Waals surface area contributed by atoms with Crippen molar-refractivity contribution in [3.05, 3.63) is 0 Å². The number of esters is 1. The molecule has 0 aromatic heterocycles. The molecule has 0 aliphatic carbocycles. The Hall–Kier alpha value is -1.10.